The van der Waals surface area contributed by atoms with E-state index in [0.29, 0.717) is 12.1 Å². The van der Waals surface area contributed by atoms with Gasteiger partial charge in [-0.05, 0) is 48.3 Å². The third-order valence-corrected chi connectivity index (χ3v) is 4.08. The van der Waals surface area contributed by atoms with Crippen molar-refractivity contribution in [3.05, 3.63) is 22.3 Å². The first-order chi connectivity index (χ1) is 7.59. The van der Waals surface area contributed by atoms with Crippen LogP contribution in [0, 0.1) is 6.92 Å². The molecule has 4 heteroatoms. The SMILES string of the molecule is Cc1ccnc(N2CC(C)NCC2C)c1Br. The molecule has 0 bridgehead atoms. The number of rotatable bonds is 1. The number of hydrogen-bond acceptors (Lipinski definition) is 3. The maximum atomic E-state index is 4.50. The van der Waals surface area contributed by atoms with Crippen molar-refractivity contribution in [3.63, 3.8) is 0 Å². The first-order valence-electron chi connectivity index (χ1n) is 5.70. The van der Waals surface area contributed by atoms with Crippen LogP contribution in [0.4, 0.5) is 5.82 Å². The van der Waals surface area contributed by atoms with Crippen molar-refractivity contribution in [1.82, 2.24) is 10.3 Å². The lowest BCUT2D eigenvalue weighted by Crippen LogP contribution is -2.54. The Hall–Kier alpha value is -0.610. The fourth-order valence-electron chi connectivity index (χ4n) is 2.04. The Morgan fingerprint density at radius 2 is 2.25 bits per heavy atom. The van der Waals surface area contributed by atoms with Gasteiger partial charge in [0.15, 0.2) is 0 Å². The number of anilines is 1. The van der Waals surface area contributed by atoms with E-state index in [1.807, 2.05) is 12.3 Å². The summed E-state index contributed by atoms with van der Waals surface area (Å²) in [5, 5.41) is 3.48. The highest BCUT2D eigenvalue weighted by Crippen LogP contribution is 2.29. The maximum absolute atomic E-state index is 4.50. The molecule has 16 heavy (non-hydrogen) atoms. The lowest BCUT2D eigenvalue weighted by Gasteiger charge is -2.39. The zero-order chi connectivity index (χ0) is 11.7. The van der Waals surface area contributed by atoms with Crippen molar-refractivity contribution < 1.29 is 0 Å². The smallest absolute Gasteiger partial charge is 0.143 e. The zero-order valence-corrected chi connectivity index (χ0v) is 11.6. The molecule has 1 fully saturated rings. The van der Waals surface area contributed by atoms with Gasteiger partial charge in [0, 0.05) is 31.4 Å². The molecule has 2 atom stereocenters. The number of nitrogens with one attached hydrogen (secondary N) is 1. The summed E-state index contributed by atoms with van der Waals surface area (Å²) >= 11 is 3.64. The van der Waals surface area contributed by atoms with Gasteiger partial charge in [0.05, 0.1) is 4.47 Å². The van der Waals surface area contributed by atoms with E-state index in [4.69, 9.17) is 0 Å². The van der Waals surface area contributed by atoms with Crippen LogP contribution in [0.2, 0.25) is 0 Å². The molecule has 1 aliphatic heterocycles. The molecule has 1 aromatic rings. The first kappa shape index (κ1) is 11.9. The van der Waals surface area contributed by atoms with Gasteiger partial charge in [0.2, 0.25) is 0 Å². The average Bonchev–Trinajstić information content (AvgIpc) is 2.26. The number of halogens is 1. The van der Waals surface area contributed by atoms with E-state index in [1.165, 1.54) is 5.56 Å². The average molecular weight is 284 g/mol. The fourth-order valence-corrected chi connectivity index (χ4v) is 2.51. The van der Waals surface area contributed by atoms with Crippen molar-refractivity contribution in [2.45, 2.75) is 32.9 Å². The minimum Gasteiger partial charge on any atom is -0.350 e. The van der Waals surface area contributed by atoms with Crippen molar-refractivity contribution >= 4 is 21.7 Å². The van der Waals surface area contributed by atoms with E-state index in [1.54, 1.807) is 0 Å². The van der Waals surface area contributed by atoms with Crippen molar-refractivity contribution in [3.8, 4) is 0 Å². The van der Waals surface area contributed by atoms with Crippen LogP contribution in [0.25, 0.3) is 0 Å². The van der Waals surface area contributed by atoms with Crippen LogP contribution in [0.3, 0.4) is 0 Å². The molecule has 0 amide bonds. The van der Waals surface area contributed by atoms with Crippen LogP contribution >= 0.6 is 15.9 Å². The maximum Gasteiger partial charge on any atom is 0.143 e. The van der Waals surface area contributed by atoms with Gasteiger partial charge in [0.25, 0.3) is 0 Å². The van der Waals surface area contributed by atoms with Crippen LogP contribution < -0.4 is 10.2 Å². The molecule has 0 spiro atoms. The van der Waals surface area contributed by atoms with Gasteiger partial charge >= 0.3 is 0 Å². The Morgan fingerprint density at radius 1 is 1.50 bits per heavy atom. The summed E-state index contributed by atoms with van der Waals surface area (Å²) in [4.78, 5) is 6.87. The third-order valence-electron chi connectivity index (χ3n) is 3.10. The number of piperazine rings is 1. The van der Waals surface area contributed by atoms with Gasteiger partial charge < -0.3 is 10.2 Å². The lowest BCUT2D eigenvalue weighted by molar-refractivity contribution is 0.422. The highest BCUT2D eigenvalue weighted by molar-refractivity contribution is 9.10. The molecular weight excluding hydrogens is 266 g/mol. The molecular formula is C12H18BrN3. The van der Waals surface area contributed by atoms with Gasteiger partial charge in [-0.25, -0.2) is 4.98 Å². The summed E-state index contributed by atoms with van der Waals surface area (Å²) in [5.41, 5.74) is 1.24. The molecule has 0 aliphatic carbocycles. The number of pyridine rings is 1. The second-order valence-electron chi connectivity index (χ2n) is 4.58. The van der Waals surface area contributed by atoms with Gasteiger partial charge in [-0.3, -0.25) is 0 Å². The fraction of sp³-hybridized carbons (Fsp3) is 0.583. The molecule has 0 aromatic carbocycles. The van der Waals surface area contributed by atoms with Gasteiger partial charge in [-0.15, -0.1) is 0 Å². The minimum absolute atomic E-state index is 0.488. The van der Waals surface area contributed by atoms with E-state index in [0.717, 1.165) is 23.4 Å². The molecule has 1 N–H and O–H groups in total. The molecule has 0 saturated carbocycles. The summed E-state index contributed by atoms with van der Waals surface area (Å²) in [7, 11) is 0. The van der Waals surface area contributed by atoms with Crippen LogP contribution in [-0.2, 0) is 0 Å². The lowest BCUT2D eigenvalue weighted by atomic mass is 10.1. The van der Waals surface area contributed by atoms with Gasteiger partial charge in [-0.2, -0.15) is 0 Å². The normalized spacial score (nSPS) is 25.9. The topological polar surface area (TPSA) is 28.2 Å². The Balaban J connectivity index is 2.31. The summed E-state index contributed by atoms with van der Waals surface area (Å²) < 4.78 is 1.12. The van der Waals surface area contributed by atoms with Crippen LogP contribution in [-0.4, -0.2) is 30.2 Å². The highest BCUT2D eigenvalue weighted by Gasteiger charge is 2.25. The predicted octanol–water partition coefficient (Wildman–Crippen LogP) is 2.34. The standard InChI is InChI=1S/C12H18BrN3/c1-8-4-5-14-12(11(8)13)16-7-9(2)15-6-10(16)3/h4-5,9-10,15H,6-7H2,1-3H3. The molecule has 0 radical (unpaired) electrons. The Bertz CT molecular complexity index is 381. The van der Waals surface area contributed by atoms with E-state index in [9.17, 15) is 0 Å². The zero-order valence-electron chi connectivity index (χ0n) is 10.00. The first-order valence-corrected chi connectivity index (χ1v) is 6.50. The molecule has 2 heterocycles. The van der Waals surface area contributed by atoms with Crippen molar-refractivity contribution in [2.75, 3.05) is 18.0 Å². The predicted molar refractivity (Wildman–Crippen MR) is 70.9 cm³/mol. The number of nitrogens with zero attached hydrogens (tertiary/aromatic N) is 2. The molecule has 88 valence electrons. The third kappa shape index (κ3) is 2.23. The van der Waals surface area contributed by atoms with E-state index in [-0.39, 0.29) is 0 Å². The molecule has 2 rings (SSSR count). The number of hydrogen-bond donors (Lipinski definition) is 1. The van der Waals surface area contributed by atoms with Crippen LogP contribution in [0.1, 0.15) is 19.4 Å². The second-order valence-corrected chi connectivity index (χ2v) is 5.37. The molecule has 3 nitrogen and oxygen atoms in total. The van der Waals surface area contributed by atoms with E-state index < -0.39 is 0 Å². The number of aryl methyl sites for hydroxylation is 1. The Morgan fingerprint density at radius 3 is 3.00 bits per heavy atom. The summed E-state index contributed by atoms with van der Waals surface area (Å²) in [6.45, 7) is 8.57. The van der Waals surface area contributed by atoms with Crippen LogP contribution in [0.15, 0.2) is 16.7 Å². The summed E-state index contributed by atoms with van der Waals surface area (Å²) in [6, 6.07) is 3.04. The molecule has 2 unspecified atom stereocenters. The monoisotopic (exact) mass is 283 g/mol. The minimum atomic E-state index is 0.488. The largest absolute Gasteiger partial charge is 0.350 e. The molecule has 1 aliphatic rings. The van der Waals surface area contributed by atoms with Crippen LogP contribution in [0.5, 0.6) is 0 Å². The number of aromatic nitrogens is 1. The van der Waals surface area contributed by atoms with Gasteiger partial charge in [-0.1, -0.05) is 0 Å². The van der Waals surface area contributed by atoms with Crippen molar-refractivity contribution in [1.29, 1.82) is 0 Å². The Labute approximate surface area is 105 Å². The van der Waals surface area contributed by atoms with Crippen molar-refractivity contribution in [2.24, 2.45) is 0 Å². The highest BCUT2D eigenvalue weighted by atomic mass is 79.9. The molecule has 1 saturated heterocycles. The quantitative estimate of drug-likeness (QED) is 0.858. The second kappa shape index (κ2) is 4.72. The summed E-state index contributed by atoms with van der Waals surface area (Å²) in [5.74, 6) is 1.07. The van der Waals surface area contributed by atoms with E-state index >= 15 is 0 Å². The van der Waals surface area contributed by atoms with Gasteiger partial charge in [0.1, 0.15) is 5.82 Å². The Kier molecular flexibility index (Phi) is 3.50. The van der Waals surface area contributed by atoms with E-state index in [2.05, 4.69) is 51.9 Å². The molecule has 1 aromatic heterocycles. The summed E-state index contributed by atoms with van der Waals surface area (Å²) in [6.07, 6.45) is 1.88.